The Morgan fingerprint density at radius 2 is 2.42 bits per heavy atom. The molecule has 4 heteroatoms. The SMILES string of the molecule is COC(=O)/C=C/NCCCSC. The summed E-state index contributed by atoms with van der Waals surface area (Å²) in [5.41, 5.74) is 0. The molecule has 0 fully saturated rings. The lowest BCUT2D eigenvalue weighted by molar-refractivity contribution is -0.134. The summed E-state index contributed by atoms with van der Waals surface area (Å²) in [6.45, 7) is 0.897. The van der Waals surface area contributed by atoms with Crippen LogP contribution in [0.15, 0.2) is 12.3 Å². The molecule has 0 atom stereocenters. The lowest BCUT2D eigenvalue weighted by Crippen LogP contribution is -2.08. The summed E-state index contributed by atoms with van der Waals surface area (Å²) in [6.07, 6.45) is 6.17. The zero-order valence-electron chi connectivity index (χ0n) is 7.50. The molecule has 0 aromatic heterocycles. The largest absolute Gasteiger partial charge is 0.466 e. The number of nitrogens with one attached hydrogen (secondary N) is 1. The van der Waals surface area contributed by atoms with Crippen molar-refractivity contribution in [3.8, 4) is 0 Å². The zero-order chi connectivity index (χ0) is 9.23. The predicted octanol–water partition coefficient (Wildman–Crippen LogP) is 1.02. The molecular formula is C8H15NO2S. The Kier molecular flexibility index (Phi) is 8.01. The molecule has 0 aliphatic carbocycles. The third-order valence-electron chi connectivity index (χ3n) is 1.21. The van der Waals surface area contributed by atoms with Crippen LogP contribution in [0, 0.1) is 0 Å². The standard InChI is InChI=1S/C8H15NO2S/c1-11-8(10)4-6-9-5-3-7-12-2/h4,6,9H,3,5,7H2,1-2H3/b6-4+. The molecule has 0 spiro atoms. The molecule has 0 amide bonds. The second-order valence-electron chi connectivity index (χ2n) is 2.16. The van der Waals surface area contributed by atoms with Gasteiger partial charge in [0.2, 0.25) is 0 Å². The summed E-state index contributed by atoms with van der Waals surface area (Å²) < 4.78 is 4.41. The summed E-state index contributed by atoms with van der Waals surface area (Å²) in [5.74, 6) is 0.811. The van der Waals surface area contributed by atoms with E-state index < -0.39 is 0 Å². The topological polar surface area (TPSA) is 38.3 Å². The quantitative estimate of drug-likeness (QED) is 0.384. The van der Waals surface area contributed by atoms with Crippen LogP contribution in [-0.4, -0.2) is 31.6 Å². The number of thioether (sulfide) groups is 1. The number of esters is 1. The number of carbonyl (C=O) groups is 1. The van der Waals surface area contributed by atoms with Crippen molar-refractivity contribution in [1.82, 2.24) is 5.32 Å². The molecule has 0 rings (SSSR count). The van der Waals surface area contributed by atoms with E-state index >= 15 is 0 Å². The fourth-order valence-electron chi connectivity index (χ4n) is 0.597. The molecular weight excluding hydrogens is 174 g/mol. The Labute approximate surface area is 77.6 Å². The van der Waals surface area contributed by atoms with Gasteiger partial charge in [-0.1, -0.05) is 0 Å². The second-order valence-corrected chi connectivity index (χ2v) is 3.14. The molecule has 0 aliphatic heterocycles. The van der Waals surface area contributed by atoms with Crippen LogP contribution < -0.4 is 5.32 Å². The van der Waals surface area contributed by atoms with Crippen LogP contribution in [0.2, 0.25) is 0 Å². The first-order chi connectivity index (χ1) is 5.81. The lowest BCUT2D eigenvalue weighted by atomic mass is 10.5. The summed E-state index contributed by atoms with van der Waals surface area (Å²) in [7, 11) is 1.36. The third kappa shape index (κ3) is 7.47. The Hall–Kier alpha value is -0.640. The van der Waals surface area contributed by atoms with E-state index in [1.165, 1.54) is 13.2 Å². The van der Waals surface area contributed by atoms with Crippen molar-refractivity contribution in [3.63, 3.8) is 0 Å². The summed E-state index contributed by atoms with van der Waals surface area (Å²) in [4.78, 5) is 10.5. The van der Waals surface area contributed by atoms with E-state index in [4.69, 9.17) is 0 Å². The van der Waals surface area contributed by atoms with Gasteiger partial charge < -0.3 is 10.1 Å². The van der Waals surface area contributed by atoms with E-state index in [2.05, 4.69) is 16.3 Å². The maximum Gasteiger partial charge on any atom is 0.331 e. The molecule has 0 bridgehead atoms. The summed E-state index contributed by atoms with van der Waals surface area (Å²) in [5, 5.41) is 2.99. The number of hydrogen-bond acceptors (Lipinski definition) is 4. The maximum absolute atomic E-state index is 10.5. The van der Waals surface area contributed by atoms with Gasteiger partial charge in [-0.3, -0.25) is 0 Å². The predicted molar refractivity (Wildman–Crippen MR) is 52.2 cm³/mol. The Bertz CT molecular complexity index is 148. The van der Waals surface area contributed by atoms with Gasteiger partial charge in [0.25, 0.3) is 0 Å². The molecule has 12 heavy (non-hydrogen) atoms. The number of ether oxygens (including phenoxy) is 1. The molecule has 0 unspecified atom stereocenters. The van der Waals surface area contributed by atoms with Crippen LogP contribution in [0.3, 0.4) is 0 Å². The highest BCUT2D eigenvalue weighted by Gasteiger charge is 1.88. The fraction of sp³-hybridized carbons (Fsp3) is 0.625. The molecule has 1 N–H and O–H groups in total. The van der Waals surface area contributed by atoms with Gasteiger partial charge in [-0.2, -0.15) is 11.8 Å². The molecule has 0 saturated heterocycles. The minimum Gasteiger partial charge on any atom is -0.466 e. The van der Waals surface area contributed by atoms with Gasteiger partial charge in [0.1, 0.15) is 0 Å². The molecule has 70 valence electrons. The molecule has 3 nitrogen and oxygen atoms in total. The molecule has 0 aromatic carbocycles. The first-order valence-corrected chi connectivity index (χ1v) is 5.17. The molecule has 0 aliphatic rings. The van der Waals surface area contributed by atoms with E-state index in [1.54, 1.807) is 6.20 Å². The van der Waals surface area contributed by atoms with Crippen molar-refractivity contribution >= 4 is 17.7 Å². The van der Waals surface area contributed by atoms with Crippen LogP contribution in [0.1, 0.15) is 6.42 Å². The minimum absolute atomic E-state index is 0.327. The first kappa shape index (κ1) is 11.4. The highest BCUT2D eigenvalue weighted by Crippen LogP contribution is 1.92. The van der Waals surface area contributed by atoms with E-state index in [0.29, 0.717) is 0 Å². The lowest BCUT2D eigenvalue weighted by Gasteiger charge is -1.97. The third-order valence-corrected chi connectivity index (χ3v) is 1.90. The zero-order valence-corrected chi connectivity index (χ0v) is 8.32. The summed E-state index contributed by atoms with van der Waals surface area (Å²) >= 11 is 1.81. The average Bonchev–Trinajstić information content (AvgIpc) is 2.10. The Balaban J connectivity index is 3.18. The molecule has 0 saturated carbocycles. The Morgan fingerprint density at radius 1 is 1.67 bits per heavy atom. The van der Waals surface area contributed by atoms with Crippen LogP contribution in [0.25, 0.3) is 0 Å². The van der Waals surface area contributed by atoms with Crippen LogP contribution >= 0.6 is 11.8 Å². The van der Waals surface area contributed by atoms with Crippen molar-refractivity contribution in [2.24, 2.45) is 0 Å². The van der Waals surface area contributed by atoms with Gasteiger partial charge in [0, 0.05) is 18.8 Å². The fourth-order valence-corrected chi connectivity index (χ4v) is 1.03. The average molecular weight is 189 g/mol. The van der Waals surface area contributed by atoms with Crippen LogP contribution in [0.4, 0.5) is 0 Å². The number of methoxy groups -OCH3 is 1. The molecule has 0 radical (unpaired) electrons. The van der Waals surface area contributed by atoms with Crippen molar-refractivity contribution < 1.29 is 9.53 Å². The van der Waals surface area contributed by atoms with Crippen molar-refractivity contribution in [2.75, 3.05) is 25.7 Å². The monoisotopic (exact) mass is 189 g/mol. The number of rotatable bonds is 6. The van der Waals surface area contributed by atoms with E-state index in [0.717, 1.165) is 18.7 Å². The van der Waals surface area contributed by atoms with Crippen molar-refractivity contribution in [2.45, 2.75) is 6.42 Å². The van der Waals surface area contributed by atoms with Crippen molar-refractivity contribution in [3.05, 3.63) is 12.3 Å². The van der Waals surface area contributed by atoms with Gasteiger partial charge in [0.15, 0.2) is 0 Å². The van der Waals surface area contributed by atoms with E-state index in [1.807, 2.05) is 11.8 Å². The van der Waals surface area contributed by atoms with Gasteiger partial charge in [-0.25, -0.2) is 4.79 Å². The summed E-state index contributed by atoms with van der Waals surface area (Å²) in [6, 6.07) is 0. The van der Waals surface area contributed by atoms with Gasteiger partial charge in [-0.05, 0) is 18.4 Å². The van der Waals surface area contributed by atoms with Crippen molar-refractivity contribution in [1.29, 1.82) is 0 Å². The number of hydrogen-bond donors (Lipinski definition) is 1. The van der Waals surface area contributed by atoms with Gasteiger partial charge >= 0.3 is 5.97 Å². The maximum atomic E-state index is 10.5. The minimum atomic E-state index is -0.327. The number of carbonyl (C=O) groups excluding carboxylic acids is 1. The highest BCUT2D eigenvalue weighted by atomic mass is 32.2. The van der Waals surface area contributed by atoms with E-state index in [-0.39, 0.29) is 5.97 Å². The van der Waals surface area contributed by atoms with Crippen LogP contribution in [0.5, 0.6) is 0 Å². The van der Waals surface area contributed by atoms with Crippen LogP contribution in [-0.2, 0) is 9.53 Å². The Morgan fingerprint density at radius 3 is 3.00 bits per heavy atom. The highest BCUT2D eigenvalue weighted by molar-refractivity contribution is 7.98. The van der Waals surface area contributed by atoms with E-state index in [9.17, 15) is 4.79 Å². The van der Waals surface area contributed by atoms with Gasteiger partial charge in [-0.15, -0.1) is 0 Å². The first-order valence-electron chi connectivity index (χ1n) is 3.78. The molecule has 0 aromatic rings. The molecule has 0 heterocycles. The second kappa shape index (κ2) is 8.46. The normalized spacial score (nSPS) is 10.2. The van der Waals surface area contributed by atoms with Gasteiger partial charge in [0.05, 0.1) is 7.11 Å². The smallest absolute Gasteiger partial charge is 0.331 e.